The van der Waals surface area contributed by atoms with E-state index in [0.29, 0.717) is 17.8 Å². The first-order chi connectivity index (χ1) is 7.90. The van der Waals surface area contributed by atoms with Gasteiger partial charge in [0.15, 0.2) is 0 Å². The first-order valence-corrected chi connectivity index (χ1v) is 5.85. The van der Waals surface area contributed by atoms with Gasteiger partial charge in [-0.2, -0.15) is 0 Å². The van der Waals surface area contributed by atoms with Crippen molar-refractivity contribution in [3.05, 3.63) is 48.0 Å². The second-order valence-corrected chi connectivity index (χ2v) is 4.64. The van der Waals surface area contributed by atoms with Crippen molar-refractivity contribution < 1.29 is 5.21 Å². The van der Waals surface area contributed by atoms with Crippen LogP contribution in [0.1, 0.15) is 24.3 Å². The summed E-state index contributed by atoms with van der Waals surface area (Å²) in [5.74, 6) is 1.18. The maximum Gasteiger partial charge on any atom is 0.0679 e. The second kappa shape index (κ2) is 3.78. The van der Waals surface area contributed by atoms with Gasteiger partial charge in [-0.3, -0.25) is 0 Å². The van der Waals surface area contributed by atoms with Crippen molar-refractivity contribution >= 4 is 5.71 Å². The van der Waals surface area contributed by atoms with Crippen molar-refractivity contribution in [2.24, 2.45) is 17.0 Å². The zero-order valence-corrected chi connectivity index (χ0v) is 9.08. The van der Waals surface area contributed by atoms with E-state index < -0.39 is 0 Å². The van der Waals surface area contributed by atoms with E-state index in [4.69, 9.17) is 5.21 Å². The molecule has 3 unspecified atom stereocenters. The second-order valence-electron chi connectivity index (χ2n) is 4.64. The van der Waals surface area contributed by atoms with Crippen LogP contribution in [0.2, 0.25) is 0 Å². The van der Waals surface area contributed by atoms with E-state index in [1.165, 1.54) is 5.56 Å². The SMILES string of the molecule is O/N=C1\C2C=CC(c3ccccc3)C1CC2. The van der Waals surface area contributed by atoms with E-state index in [0.717, 1.165) is 18.6 Å². The van der Waals surface area contributed by atoms with Gasteiger partial charge in [0.25, 0.3) is 0 Å². The Labute approximate surface area is 95.3 Å². The lowest BCUT2D eigenvalue weighted by atomic mass is 9.79. The highest BCUT2D eigenvalue weighted by molar-refractivity contribution is 5.93. The molecule has 0 heterocycles. The Bertz CT molecular complexity index is 435. The van der Waals surface area contributed by atoms with E-state index in [1.807, 2.05) is 6.07 Å². The molecule has 16 heavy (non-hydrogen) atoms. The fraction of sp³-hybridized carbons (Fsp3) is 0.357. The first kappa shape index (κ1) is 9.64. The van der Waals surface area contributed by atoms with Gasteiger partial charge in [0.1, 0.15) is 0 Å². The van der Waals surface area contributed by atoms with E-state index in [9.17, 15) is 0 Å². The molecule has 2 aliphatic rings. The van der Waals surface area contributed by atoms with Crippen LogP contribution in [0.3, 0.4) is 0 Å². The molecule has 1 aromatic rings. The average Bonchev–Trinajstić information content (AvgIpc) is 2.63. The normalized spacial score (nSPS) is 34.5. The summed E-state index contributed by atoms with van der Waals surface area (Å²) in [4.78, 5) is 0. The molecule has 0 spiro atoms. The molecule has 2 bridgehead atoms. The Kier molecular flexibility index (Phi) is 2.28. The third-order valence-corrected chi connectivity index (χ3v) is 3.83. The number of nitrogens with zero attached hydrogens (tertiary/aromatic N) is 1. The van der Waals surface area contributed by atoms with E-state index in [2.05, 4.69) is 41.6 Å². The monoisotopic (exact) mass is 213 g/mol. The number of allylic oxidation sites excluding steroid dienone is 2. The van der Waals surface area contributed by atoms with Crippen LogP contribution < -0.4 is 0 Å². The van der Waals surface area contributed by atoms with E-state index in [1.54, 1.807) is 0 Å². The summed E-state index contributed by atoms with van der Waals surface area (Å²) >= 11 is 0. The number of rotatable bonds is 1. The molecule has 1 N–H and O–H groups in total. The van der Waals surface area contributed by atoms with Crippen LogP contribution in [0.4, 0.5) is 0 Å². The van der Waals surface area contributed by atoms with Crippen LogP contribution >= 0.6 is 0 Å². The van der Waals surface area contributed by atoms with Crippen LogP contribution in [0.15, 0.2) is 47.6 Å². The molecule has 3 rings (SSSR count). The van der Waals surface area contributed by atoms with Crippen LogP contribution in [-0.4, -0.2) is 10.9 Å². The van der Waals surface area contributed by atoms with Gasteiger partial charge in [-0.1, -0.05) is 47.6 Å². The average molecular weight is 213 g/mol. The van der Waals surface area contributed by atoms with Crippen molar-refractivity contribution in [1.82, 2.24) is 0 Å². The summed E-state index contributed by atoms with van der Waals surface area (Å²) in [5.41, 5.74) is 2.31. The summed E-state index contributed by atoms with van der Waals surface area (Å²) in [7, 11) is 0. The van der Waals surface area contributed by atoms with Gasteiger partial charge in [-0.15, -0.1) is 0 Å². The summed E-state index contributed by atoms with van der Waals surface area (Å²) in [6, 6.07) is 10.5. The predicted molar refractivity (Wildman–Crippen MR) is 63.8 cm³/mol. The van der Waals surface area contributed by atoms with Gasteiger partial charge in [-0.05, 0) is 18.4 Å². The molecule has 2 aliphatic carbocycles. The first-order valence-electron chi connectivity index (χ1n) is 5.85. The van der Waals surface area contributed by atoms with Crippen molar-refractivity contribution in [3.8, 4) is 0 Å². The molecule has 1 aromatic carbocycles. The highest BCUT2D eigenvalue weighted by Gasteiger charge is 2.39. The third-order valence-electron chi connectivity index (χ3n) is 3.83. The highest BCUT2D eigenvalue weighted by atomic mass is 16.4. The standard InChI is InChI=1S/C14H15NO/c16-15-14-11-6-8-12(13(14)9-7-11)10-4-2-1-3-5-10/h1-6,8,11-13,16H,7,9H2/b15-14+. The summed E-state index contributed by atoms with van der Waals surface area (Å²) in [6.07, 6.45) is 6.75. The van der Waals surface area contributed by atoms with Gasteiger partial charge in [0, 0.05) is 17.8 Å². The van der Waals surface area contributed by atoms with Crippen LogP contribution in [0.25, 0.3) is 0 Å². The minimum atomic E-state index is 0.384. The zero-order chi connectivity index (χ0) is 11.0. The van der Waals surface area contributed by atoms with E-state index in [-0.39, 0.29) is 0 Å². The molecule has 0 saturated heterocycles. The minimum Gasteiger partial charge on any atom is -0.411 e. The largest absolute Gasteiger partial charge is 0.411 e. The minimum absolute atomic E-state index is 0.384. The Balaban J connectivity index is 1.99. The maximum atomic E-state index is 9.09. The van der Waals surface area contributed by atoms with Crippen LogP contribution in [0.5, 0.6) is 0 Å². The summed E-state index contributed by atoms with van der Waals surface area (Å²) in [6.45, 7) is 0. The molecular weight excluding hydrogens is 198 g/mol. The molecule has 1 saturated carbocycles. The van der Waals surface area contributed by atoms with Crippen molar-refractivity contribution in [2.75, 3.05) is 0 Å². The smallest absolute Gasteiger partial charge is 0.0679 e. The lowest BCUT2D eigenvalue weighted by Crippen LogP contribution is -2.23. The molecule has 0 amide bonds. The molecular formula is C14H15NO. The zero-order valence-electron chi connectivity index (χ0n) is 9.08. The summed E-state index contributed by atoms with van der Waals surface area (Å²) < 4.78 is 0. The summed E-state index contributed by atoms with van der Waals surface area (Å²) in [5, 5.41) is 12.6. The quantitative estimate of drug-likeness (QED) is 0.433. The fourth-order valence-corrected chi connectivity index (χ4v) is 3.04. The number of fused-ring (bicyclic) bond motifs is 2. The highest BCUT2D eigenvalue weighted by Crippen LogP contribution is 2.43. The molecule has 0 aliphatic heterocycles. The molecule has 0 radical (unpaired) electrons. The van der Waals surface area contributed by atoms with Crippen LogP contribution in [0, 0.1) is 11.8 Å². The van der Waals surface area contributed by atoms with Gasteiger partial charge in [-0.25, -0.2) is 0 Å². The lowest BCUT2D eigenvalue weighted by molar-refractivity contribution is 0.312. The van der Waals surface area contributed by atoms with E-state index >= 15 is 0 Å². The Morgan fingerprint density at radius 3 is 2.62 bits per heavy atom. The Morgan fingerprint density at radius 2 is 1.88 bits per heavy atom. The molecule has 1 fully saturated rings. The predicted octanol–water partition coefficient (Wildman–Crippen LogP) is 3.20. The molecule has 3 atom stereocenters. The number of hydrogen-bond donors (Lipinski definition) is 1. The topological polar surface area (TPSA) is 32.6 Å². The van der Waals surface area contributed by atoms with Crippen molar-refractivity contribution in [3.63, 3.8) is 0 Å². The lowest BCUT2D eigenvalue weighted by Gasteiger charge is -2.25. The maximum absolute atomic E-state index is 9.09. The Morgan fingerprint density at radius 1 is 1.06 bits per heavy atom. The van der Waals surface area contributed by atoms with Gasteiger partial charge < -0.3 is 5.21 Å². The van der Waals surface area contributed by atoms with Gasteiger partial charge in [0.05, 0.1) is 5.71 Å². The van der Waals surface area contributed by atoms with Crippen LogP contribution in [-0.2, 0) is 0 Å². The number of benzene rings is 1. The molecule has 0 aromatic heterocycles. The number of oxime groups is 1. The van der Waals surface area contributed by atoms with Gasteiger partial charge >= 0.3 is 0 Å². The Hall–Kier alpha value is -1.57. The third kappa shape index (κ3) is 1.37. The van der Waals surface area contributed by atoms with Gasteiger partial charge in [0.2, 0.25) is 0 Å². The molecule has 82 valence electrons. The molecule has 2 heteroatoms. The molecule has 2 nitrogen and oxygen atoms in total. The van der Waals surface area contributed by atoms with Crippen molar-refractivity contribution in [1.29, 1.82) is 0 Å². The fourth-order valence-electron chi connectivity index (χ4n) is 3.04. The number of hydrogen-bond acceptors (Lipinski definition) is 2. The van der Waals surface area contributed by atoms with Crippen molar-refractivity contribution in [2.45, 2.75) is 18.8 Å².